The summed E-state index contributed by atoms with van der Waals surface area (Å²) in [4.78, 5) is 2.41. The van der Waals surface area contributed by atoms with Gasteiger partial charge >= 0.3 is 0 Å². The minimum Gasteiger partial charge on any atom is -0.310 e. The summed E-state index contributed by atoms with van der Waals surface area (Å²) in [5.74, 6) is 0. The van der Waals surface area contributed by atoms with Gasteiger partial charge in [-0.25, -0.2) is 0 Å². The average Bonchev–Trinajstić information content (AvgIpc) is 3.90. The number of fused-ring (bicyclic) bond motifs is 16. The van der Waals surface area contributed by atoms with E-state index in [-0.39, 0.29) is 0 Å². The Labute approximate surface area is 403 Å². The largest absolute Gasteiger partial charge is 0.310 e. The van der Waals surface area contributed by atoms with Crippen LogP contribution in [0.4, 0.5) is 17.1 Å². The highest BCUT2D eigenvalue weighted by atomic mass is 15.1. The molecule has 14 rings (SSSR count). The molecule has 1 nitrogen and oxygen atoms in total. The van der Waals surface area contributed by atoms with Crippen molar-refractivity contribution >= 4 is 17.1 Å². The fourth-order valence-corrected chi connectivity index (χ4v) is 12.7. The third-order valence-corrected chi connectivity index (χ3v) is 15.4. The molecule has 0 saturated carbocycles. The summed E-state index contributed by atoms with van der Waals surface area (Å²) in [6.07, 6.45) is 0. The second-order valence-electron chi connectivity index (χ2n) is 18.7. The molecule has 0 aliphatic heterocycles. The van der Waals surface area contributed by atoms with Gasteiger partial charge in [0, 0.05) is 17.1 Å². The summed E-state index contributed by atoms with van der Waals surface area (Å²) in [5, 5.41) is 0. The lowest BCUT2D eigenvalue weighted by Crippen LogP contribution is -2.43. The Balaban J connectivity index is 0.981. The monoisotopic (exact) mass is 875 g/mol. The van der Waals surface area contributed by atoms with Crippen molar-refractivity contribution in [1.82, 2.24) is 0 Å². The van der Waals surface area contributed by atoms with Crippen LogP contribution in [0.2, 0.25) is 0 Å². The fraction of sp³-hybridized carbons (Fsp3) is 0.0294. The minimum atomic E-state index is -0.561. The number of nitrogens with zero attached hydrogens (tertiary/aromatic N) is 1. The van der Waals surface area contributed by atoms with Gasteiger partial charge in [-0.1, -0.05) is 237 Å². The lowest BCUT2D eigenvalue weighted by molar-refractivity contribution is 0.633. The molecule has 0 bridgehead atoms. The topological polar surface area (TPSA) is 3.24 Å². The first-order chi connectivity index (χ1) is 34.2. The standard InChI is InChI=1S/C68H45N/c1-3-20-46(21-4-1)48-40-42-51(43-41-48)69(52-26-17-24-49(44-52)47-22-5-2-6-23-47)53-27-18-25-50(45-53)54-31-19-39-65-66(54)57-30-9-12-34-60(57)68(65)63-37-15-13-35-61(63)67(62-36-14-16-38-64(62)68)58-32-10-7-28-55(58)56-29-8-11-33-59(56)67/h1-45H. The first kappa shape index (κ1) is 39.4. The predicted molar refractivity (Wildman–Crippen MR) is 286 cm³/mol. The molecule has 0 atom stereocenters. The van der Waals surface area contributed by atoms with E-state index in [4.69, 9.17) is 0 Å². The number of rotatable bonds is 6. The molecule has 3 aliphatic rings. The van der Waals surface area contributed by atoms with E-state index >= 15 is 0 Å². The van der Waals surface area contributed by atoms with Crippen LogP contribution in [0.1, 0.15) is 44.5 Å². The quantitative estimate of drug-likeness (QED) is 0.161. The van der Waals surface area contributed by atoms with Crippen LogP contribution >= 0.6 is 0 Å². The maximum absolute atomic E-state index is 2.43. The van der Waals surface area contributed by atoms with Crippen molar-refractivity contribution in [2.24, 2.45) is 0 Å². The summed E-state index contributed by atoms with van der Waals surface area (Å²) in [7, 11) is 0. The maximum atomic E-state index is 2.43. The Morgan fingerprint density at radius 2 is 0.551 bits per heavy atom. The Morgan fingerprint density at radius 1 is 0.203 bits per heavy atom. The third kappa shape index (κ3) is 5.59. The first-order valence-electron chi connectivity index (χ1n) is 24.1. The van der Waals surface area contributed by atoms with Gasteiger partial charge in [0.2, 0.25) is 0 Å². The highest BCUT2D eigenvalue weighted by Crippen LogP contribution is 2.68. The Hall–Kier alpha value is -8.78. The van der Waals surface area contributed by atoms with E-state index in [2.05, 4.69) is 278 Å². The van der Waals surface area contributed by atoms with Crippen molar-refractivity contribution in [2.75, 3.05) is 4.90 Å². The zero-order chi connectivity index (χ0) is 45.5. The highest BCUT2D eigenvalue weighted by Gasteiger charge is 2.59. The molecule has 0 unspecified atom stereocenters. The van der Waals surface area contributed by atoms with E-state index in [1.54, 1.807) is 0 Å². The summed E-state index contributed by atoms with van der Waals surface area (Å²) in [6.45, 7) is 0. The van der Waals surface area contributed by atoms with E-state index < -0.39 is 10.8 Å². The third-order valence-electron chi connectivity index (χ3n) is 15.4. The van der Waals surface area contributed by atoms with E-state index in [1.165, 1.54) is 100 Å². The van der Waals surface area contributed by atoms with E-state index in [0.717, 1.165) is 17.1 Å². The van der Waals surface area contributed by atoms with Crippen LogP contribution in [0, 0.1) is 0 Å². The minimum absolute atomic E-state index is 0.476. The zero-order valence-electron chi connectivity index (χ0n) is 37.9. The van der Waals surface area contributed by atoms with Crippen molar-refractivity contribution in [3.63, 3.8) is 0 Å². The number of hydrogen-bond donors (Lipinski definition) is 0. The van der Waals surface area contributed by atoms with Crippen LogP contribution in [0.3, 0.4) is 0 Å². The lowest BCUT2D eigenvalue weighted by Gasteiger charge is -2.48. The van der Waals surface area contributed by atoms with Gasteiger partial charge in [-0.05, 0) is 137 Å². The molecule has 0 radical (unpaired) electrons. The van der Waals surface area contributed by atoms with Gasteiger partial charge in [-0.15, -0.1) is 0 Å². The molecule has 0 saturated heterocycles. The van der Waals surface area contributed by atoms with Gasteiger partial charge in [0.25, 0.3) is 0 Å². The van der Waals surface area contributed by atoms with Crippen molar-refractivity contribution in [3.05, 3.63) is 317 Å². The van der Waals surface area contributed by atoms with Crippen molar-refractivity contribution in [1.29, 1.82) is 0 Å². The summed E-state index contributed by atoms with van der Waals surface area (Å²) >= 11 is 0. The average molecular weight is 876 g/mol. The molecule has 0 amide bonds. The number of benzene rings is 11. The molecule has 3 aliphatic carbocycles. The van der Waals surface area contributed by atoms with Gasteiger partial charge < -0.3 is 4.90 Å². The van der Waals surface area contributed by atoms with Crippen LogP contribution in [0.5, 0.6) is 0 Å². The van der Waals surface area contributed by atoms with Crippen LogP contribution < -0.4 is 4.90 Å². The summed E-state index contributed by atoms with van der Waals surface area (Å²) in [5.41, 5.74) is 25.4. The lowest BCUT2D eigenvalue weighted by atomic mass is 9.52. The normalized spacial score (nSPS) is 13.7. The maximum Gasteiger partial charge on any atom is 0.0720 e. The molecule has 322 valence electrons. The molecule has 11 aromatic carbocycles. The Bertz CT molecular complexity index is 3690. The molecule has 11 aromatic rings. The van der Waals surface area contributed by atoms with Gasteiger partial charge in [-0.3, -0.25) is 0 Å². The number of hydrogen-bond acceptors (Lipinski definition) is 1. The molecule has 0 heterocycles. The molecule has 1 heteroatoms. The SMILES string of the molecule is c1ccc(-c2ccc(N(c3cccc(-c4ccccc4)c3)c3cccc(-c4cccc5c4-c4ccccc4C54c5ccccc5C5(c6ccccc6-c6ccccc65)c5ccccc54)c3)cc2)cc1. The molecule has 69 heavy (non-hydrogen) atoms. The van der Waals surface area contributed by atoms with Gasteiger partial charge in [0.1, 0.15) is 0 Å². The van der Waals surface area contributed by atoms with Crippen molar-refractivity contribution in [3.8, 4) is 55.6 Å². The first-order valence-corrected chi connectivity index (χ1v) is 24.1. The predicted octanol–water partition coefficient (Wildman–Crippen LogP) is 17.2. The molecule has 0 N–H and O–H groups in total. The second kappa shape index (κ2) is 15.4. The Kier molecular flexibility index (Phi) is 8.78. The van der Waals surface area contributed by atoms with Crippen molar-refractivity contribution in [2.45, 2.75) is 10.8 Å². The number of anilines is 3. The zero-order valence-corrected chi connectivity index (χ0v) is 37.9. The van der Waals surface area contributed by atoms with E-state index in [1.807, 2.05) is 0 Å². The molecular weight excluding hydrogens is 831 g/mol. The molecular formula is C68H45N. The van der Waals surface area contributed by atoms with Gasteiger partial charge in [0.15, 0.2) is 0 Å². The fourth-order valence-electron chi connectivity index (χ4n) is 12.7. The Morgan fingerprint density at radius 3 is 1.10 bits per heavy atom. The molecule has 2 spiro atoms. The van der Waals surface area contributed by atoms with Crippen LogP contribution in [0.15, 0.2) is 273 Å². The molecule has 0 fully saturated rings. The van der Waals surface area contributed by atoms with Gasteiger partial charge in [-0.2, -0.15) is 0 Å². The summed E-state index contributed by atoms with van der Waals surface area (Å²) in [6, 6.07) is 102. The van der Waals surface area contributed by atoms with Gasteiger partial charge in [0.05, 0.1) is 10.8 Å². The molecule has 0 aromatic heterocycles. The van der Waals surface area contributed by atoms with Crippen LogP contribution in [0.25, 0.3) is 55.6 Å². The smallest absolute Gasteiger partial charge is 0.0720 e. The van der Waals surface area contributed by atoms with Crippen LogP contribution in [-0.4, -0.2) is 0 Å². The van der Waals surface area contributed by atoms with E-state index in [9.17, 15) is 0 Å². The van der Waals surface area contributed by atoms with Crippen LogP contribution in [-0.2, 0) is 10.8 Å². The second-order valence-corrected chi connectivity index (χ2v) is 18.7. The summed E-state index contributed by atoms with van der Waals surface area (Å²) < 4.78 is 0. The highest BCUT2D eigenvalue weighted by molar-refractivity contribution is 5.99. The van der Waals surface area contributed by atoms with Crippen molar-refractivity contribution < 1.29 is 0 Å². The van der Waals surface area contributed by atoms with E-state index in [0.29, 0.717) is 0 Å².